The fourth-order valence-electron chi connectivity index (χ4n) is 2.34. The molecule has 3 rings (SSSR count). The predicted octanol–water partition coefficient (Wildman–Crippen LogP) is 3.44. The average molecular weight is 279 g/mol. The fourth-order valence-corrected chi connectivity index (χ4v) is 2.34. The standard InChI is InChI=1S/C14H12F3N3/c15-14(16,17)12-7-9(5-6-18-12)13-19-8-10-3-1-2-4-11(10)20-13/h5-8H,1-4H2. The summed E-state index contributed by atoms with van der Waals surface area (Å²) in [6.07, 6.45) is 2.40. The molecule has 0 spiro atoms. The molecule has 1 aliphatic rings. The number of fused-ring (bicyclic) bond motifs is 1. The van der Waals surface area contributed by atoms with Gasteiger partial charge in [0.1, 0.15) is 5.69 Å². The van der Waals surface area contributed by atoms with Crippen molar-refractivity contribution in [2.45, 2.75) is 31.9 Å². The summed E-state index contributed by atoms with van der Waals surface area (Å²) in [6, 6.07) is 2.49. The minimum atomic E-state index is -4.45. The lowest BCUT2D eigenvalue weighted by atomic mass is 9.97. The first kappa shape index (κ1) is 13.0. The lowest BCUT2D eigenvalue weighted by Crippen LogP contribution is -2.09. The number of hydrogen-bond donors (Lipinski definition) is 0. The highest BCUT2D eigenvalue weighted by Crippen LogP contribution is 2.30. The van der Waals surface area contributed by atoms with Crippen molar-refractivity contribution in [3.63, 3.8) is 0 Å². The highest BCUT2D eigenvalue weighted by molar-refractivity contribution is 5.55. The van der Waals surface area contributed by atoms with Crippen molar-refractivity contribution in [3.8, 4) is 11.4 Å². The largest absolute Gasteiger partial charge is 0.433 e. The minimum absolute atomic E-state index is 0.332. The quantitative estimate of drug-likeness (QED) is 0.802. The lowest BCUT2D eigenvalue weighted by molar-refractivity contribution is -0.141. The normalized spacial score (nSPS) is 14.9. The summed E-state index contributed by atoms with van der Waals surface area (Å²) in [6.45, 7) is 0. The first-order valence-corrected chi connectivity index (χ1v) is 6.42. The maximum absolute atomic E-state index is 12.7. The Hall–Kier alpha value is -1.98. The van der Waals surface area contributed by atoms with Gasteiger partial charge in [-0.25, -0.2) is 9.97 Å². The Morgan fingerprint density at radius 2 is 1.85 bits per heavy atom. The molecule has 104 valence electrons. The minimum Gasteiger partial charge on any atom is -0.252 e. The second-order valence-electron chi connectivity index (χ2n) is 4.80. The van der Waals surface area contributed by atoms with Gasteiger partial charge in [0.25, 0.3) is 0 Å². The van der Waals surface area contributed by atoms with Crippen molar-refractivity contribution < 1.29 is 13.2 Å². The smallest absolute Gasteiger partial charge is 0.252 e. The van der Waals surface area contributed by atoms with E-state index in [1.165, 1.54) is 6.07 Å². The van der Waals surface area contributed by atoms with Crippen molar-refractivity contribution in [2.24, 2.45) is 0 Å². The van der Waals surface area contributed by atoms with E-state index >= 15 is 0 Å². The summed E-state index contributed by atoms with van der Waals surface area (Å²) in [5, 5.41) is 0. The lowest BCUT2D eigenvalue weighted by Gasteiger charge is -2.15. The van der Waals surface area contributed by atoms with Crippen LogP contribution in [0, 0.1) is 0 Å². The topological polar surface area (TPSA) is 38.7 Å². The summed E-state index contributed by atoms with van der Waals surface area (Å²) in [5.74, 6) is 0.332. The highest BCUT2D eigenvalue weighted by atomic mass is 19.4. The molecule has 2 heterocycles. The zero-order valence-electron chi connectivity index (χ0n) is 10.6. The van der Waals surface area contributed by atoms with Gasteiger partial charge >= 0.3 is 6.18 Å². The SMILES string of the molecule is FC(F)(F)c1cc(-c2ncc3c(n2)CCCC3)ccn1. The second-order valence-corrected chi connectivity index (χ2v) is 4.80. The van der Waals surface area contributed by atoms with Crippen LogP contribution in [0.4, 0.5) is 13.2 Å². The Bertz CT molecular complexity index is 638. The molecule has 2 aromatic heterocycles. The van der Waals surface area contributed by atoms with Crippen LogP contribution in [0.15, 0.2) is 24.5 Å². The number of pyridine rings is 1. The van der Waals surface area contributed by atoms with Gasteiger partial charge in [0, 0.05) is 23.7 Å². The Labute approximate surface area is 113 Å². The van der Waals surface area contributed by atoms with Crippen LogP contribution in [-0.4, -0.2) is 15.0 Å². The van der Waals surface area contributed by atoms with Gasteiger partial charge < -0.3 is 0 Å². The molecule has 3 nitrogen and oxygen atoms in total. The van der Waals surface area contributed by atoms with Gasteiger partial charge in [-0.05, 0) is 43.4 Å². The third-order valence-electron chi connectivity index (χ3n) is 3.37. The zero-order valence-corrected chi connectivity index (χ0v) is 10.6. The van der Waals surface area contributed by atoms with Gasteiger partial charge in [0.05, 0.1) is 0 Å². The molecule has 0 radical (unpaired) electrons. The van der Waals surface area contributed by atoms with Crippen molar-refractivity contribution in [1.82, 2.24) is 15.0 Å². The van der Waals surface area contributed by atoms with E-state index in [0.29, 0.717) is 11.4 Å². The molecule has 20 heavy (non-hydrogen) atoms. The first-order valence-electron chi connectivity index (χ1n) is 6.42. The van der Waals surface area contributed by atoms with Crippen molar-refractivity contribution in [2.75, 3.05) is 0 Å². The van der Waals surface area contributed by atoms with Crippen LogP contribution in [0.25, 0.3) is 11.4 Å². The maximum atomic E-state index is 12.7. The molecule has 0 saturated carbocycles. The van der Waals surface area contributed by atoms with E-state index in [1.54, 1.807) is 6.20 Å². The Morgan fingerprint density at radius 1 is 1.05 bits per heavy atom. The van der Waals surface area contributed by atoms with E-state index in [2.05, 4.69) is 15.0 Å². The molecule has 0 atom stereocenters. The second kappa shape index (κ2) is 4.85. The maximum Gasteiger partial charge on any atom is 0.433 e. The van der Waals surface area contributed by atoms with Crippen LogP contribution in [0.5, 0.6) is 0 Å². The van der Waals surface area contributed by atoms with Crippen LogP contribution in [-0.2, 0) is 19.0 Å². The molecule has 0 aromatic carbocycles. The van der Waals surface area contributed by atoms with Crippen molar-refractivity contribution in [1.29, 1.82) is 0 Å². The van der Waals surface area contributed by atoms with E-state index in [1.807, 2.05) is 0 Å². The molecule has 0 saturated heterocycles. The van der Waals surface area contributed by atoms with Crippen molar-refractivity contribution >= 4 is 0 Å². The first-order chi connectivity index (χ1) is 9.54. The molecule has 0 amide bonds. The molecule has 0 unspecified atom stereocenters. The monoisotopic (exact) mass is 279 g/mol. The van der Waals surface area contributed by atoms with Gasteiger partial charge in [0.2, 0.25) is 0 Å². The van der Waals surface area contributed by atoms with E-state index in [0.717, 1.165) is 49.2 Å². The number of aromatic nitrogens is 3. The van der Waals surface area contributed by atoms with E-state index in [-0.39, 0.29) is 0 Å². The highest BCUT2D eigenvalue weighted by Gasteiger charge is 2.32. The molecule has 1 aliphatic carbocycles. The van der Waals surface area contributed by atoms with Crippen LogP contribution in [0.2, 0.25) is 0 Å². The van der Waals surface area contributed by atoms with Crippen molar-refractivity contribution in [3.05, 3.63) is 41.5 Å². The van der Waals surface area contributed by atoms with E-state index < -0.39 is 11.9 Å². The summed E-state index contributed by atoms with van der Waals surface area (Å²) < 4.78 is 38.0. The Morgan fingerprint density at radius 3 is 2.65 bits per heavy atom. The molecular formula is C14H12F3N3. The third kappa shape index (κ3) is 2.50. The number of alkyl halides is 3. The summed E-state index contributed by atoms with van der Waals surface area (Å²) in [5.41, 5.74) is 1.48. The molecule has 0 aliphatic heterocycles. The van der Waals surface area contributed by atoms with Crippen LogP contribution in [0.1, 0.15) is 29.8 Å². The van der Waals surface area contributed by atoms with Crippen LogP contribution in [0.3, 0.4) is 0 Å². The number of halogens is 3. The molecule has 2 aromatic rings. The van der Waals surface area contributed by atoms with Gasteiger partial charge in [-0.2, -0.15) is 13.2 Å². The number of hydrogen-bond acceptors (Lipinski definition) is 3. The Kier molecular flexibility index (Phi) is 3.16. The number of rotatable bonds is 1. The molecule has 0 bridgehead atoms. The number of aryl methyl sites for hydroxylation is 2. The van der Waals surface area contributed by atoms with Gasteiger partial charge in [-0.15, -0.1) is 0 Å². The third-order valence-corrected chi connectivity index (χ3v) is 3.37. The Balaban J connectivity index is 2.01. The summed E-state index contributed by atoms with van der Waals surface area (Å²) in [4.78, 5) is 11.9. The fraction of sp³-hybridized carbons (Fsp3) is 0.357. The van der Waals surface area contributed by atoms with E-state index in [4.69, 9.17) is 0 Å². The molecule has 6 heteroatoms. The summed E-state index contributed by atoms with van der Waals surface area (Å²) >= 11 is 0. The summed E-state index contributed by atoms with van der Waals surface area (Å²) in [7, 11) is 0. The van der Waals surface area contributed by atoms with Gasteiger partial charge in [-0.3, -0.25) is 4.98 Å². The van der Waals surface area contributed by atoms with Crippen LogP contribution >= 0.6 is 0 Å². The van der Waals surface area contributed by atoms with E-state index in [9.17, 15) is 13.2 Å². The molecule has 0 fully saturated rings. The van der Waals surface area contributed by atoms with Crippen LogP contribution < -0.4 is 0 Å². The number of nitrogens with zero attached hydrogens (tertiary/aromatic N) is 3. The molecular weight excluding hydrogens is 267 g/mol. The average Bonchev–Trinajstić information content (AvgIpc) is 2.46. The van der Waals surface area contributed by atoms with Gasteiger partial charge in [0.15, 0.2) is 5.82 Å². The molecule has 0 N–H and O–H groups in total. The predicted molar refractivity (Wildman–Crippen MR) is 66.9 cm³/mol. The van der Waals surface area contributed by atoms with Gasteiger partial charge in [-0.1, -0.05) is 0 Å². The zero-order chi connectivity index (χ0) is 14.2.